The summed E-state index contributed by atoms with van der Waals surface area (Å²) in [4.78, 5) is 30.9. The second kappa shape index (κ2) is 11.1. The minimum Gasteiger partial charge on any atom is -0.368 e. The van der Waals surface area contributed by atoms with Crippen molar-refractivity contribution in [3.05, 3.63) is 150 Å². The molecule has 0 aliphatic carbocycles. The zero-order valence-electron chi connectivity index (χ0n) is 21.0. The molecule has 0 spiro atoms. The Morgan fingerprint density at radius 1 is 0.684 bits per heavy atom. The number of hydrogen-bond donors (Lipinski definition) is 2. The molecule has 1 aromatic heterocycles. The summed E-state index contributed by atoms with van der Waals surface area (Å²) < 4.78 is 0. The van der Waals surface area contributed by atoms with E-state index in [0.29, 0.717) is 5.69 Å². The molecule has 1 heterocycles. The van der Waals surface area contributed by atoms with Gasteiger partial charge in [0, 0.05) is 23.9 Å². The minimum atomic E-state index is -0.892. The summed E-state index contributed by atoms with van der Waals surface area (Å²) in [7, 11) is 0. The van der Waals surface area contributed by atoms with E-state index < -0.39 is 17.4 Å². The third kappa shape index (κ3) is 5.18. The number of fused-ring (bicyclic) bond motifs is 1. The monoisotopic (exact) mass is 499 g/mol. The largest absolute Gasteiger partial charge is 0.368 e. The van der Waals surface area contributed by atoms with Crippen molar-refractivity contribution >= 4 is 22.7 Å². The summed E-state index contributed by atoms with van der Waals surface area (Å²) in [6.07, 6.45) is 0.306. The van der Waals surface area contributed by atoms with E-state index in [0.717, 1.165) is 27.6 Å². The van der Waals surface area contributed by atoms with Crippen LogP contribution in [-0.2, 0) is 21.4 Å². The van der Waals surface area contributed by atoms with Gasteiger partial charge in [-0.25, -0.2) is 0 Å². The smallest absolute Gasteiger partial charge is 0.240 e. The summed E-state index contributed by atoms with van der Waals surface area (Å²) in [5, 5.41) is 3.93. The molecule has 4 aromatic carbocycles. The number of para-hydroxylation sites is 1. The van der Waals surface area contributed by atoms with Gasteiger partial charge in [-0.3, -0.25) is 14.6 Å². The van der Waals surface area contributed by atoms with Crippen LogP contribution in [0.1, 0.15) is 28.8 Å². The van der Waals surface area contributed by atoms with Gasteiger partial charge in [-0.05, 0) is 28.8 Å². The van der Waals surface area contributed by atoms with E-state index >= 15 is 0 Å². The van der Waals surface area contributed by atoms with Crippen LogP contribution in [0.3, 0.4) is 0 Å². The first-order valence-electron chi connectivity index (χ1n) is 12.7. The highest BCUT2D eigenvalue weighted by atomic mass is 16.2. The van der Waals surface area contributed by atoms with Crippen LogP contribution in [-0.4, -0.2) is 22.8 Å². The fraction of sp³-hybridized carbons (Fsp3) is 0.121. The number of nitrogens with two attached hydrogens (primary N) is 1. The molecule has 38 heavy (non-hydrogen) atoms. The molecule has 2 amide bonds. The summed E-state index contributed by atoms with van der Waals surface area (Å²) in [6.45, 7) is 0. The second-order valence-corrected chi connectivity index (χ2v) is 9.40. The molecule has 5 rings (SSSR count). The first kappa shape index (κ1) is 24.9. The number of aromatic nitrogens is 1. The molecule has 5 heteroatoms. The van der Waals surface area contributed by atoms with Crippen molar-refractivity contribution in [3.8, 4) is 0 Å². The molecule has 3 N–H and O–H groups in total. The van der Waals surface area contributed by atoms with E-state index in [9.17, 15) is 9.59 Å². The Hall–Kier alpha value is -4.77. The number of carbonyl (C=O) groups is 2. The molecule has 5 nitrogen and oxygen atoms in total. The highest BCUT2D eigenvalue weighted by molar-refractivity contribution is 5.88. The molecule has 0 aliphatic heterocycles. The Bertz CT molecular complexity index is 1440. The van der Waals surface area contributed by atoms with E-state index in [1.165, 1.54) is 0 Å². The van der Waals surface area contributed by atoms with Crippen molar-refractivity contribution < 1.29 is 9.59 Å². The van der Waals surface area contributed by atoms with Gasteiger partial charge < -0.3 is 11.1 Å². The first-order valence-corrected chi connectivity index (χ1v) is 12.7. The van der Waals surface area contributed by atoms with Crippen molar-refractivity contribution in [2.75, 3.05) is 0 Å². The zero-order valence-corrected chi connectivity index (χ0v) is 21.0. The number of nitrogens with one attached hydrogen (secondary N) is 1. The molecule has 0 radical (unpaired) electrons. The van der Waals surface area contributed by atoms with Crippen molar-refractivity contribution in [3.63, 3.8) is 0 Å². The van der Waals surface area contributed by atoms with Gasteiger partial charge in [0.15, 0.2) is 0 Å². The predicted molar refractivity (Wildman–Crippen MR) is 150 cm³/mol. The lowest BCUT2D eigenvalue weighted by atomic mass is 9.67. The third-order valence-corrected chi connectivity index (χ3v) is 6.97. The summed E-state index contributed by atoms with van der Waals surface area (Å²) in [5.74, 6) is -0.871. The van der Waals surface area contributed by atoms with Gasteiger partial charge in [-0.15, -0.1) is 0 Å². The second-order valence-electron chi connectivity index (χ2n) is 9.40. The molecule has 0 unspecified atom stereocenters. The lowest BCUT2D eigenvalue weighted by molar-refractivity contribution is -0.127. The Balaban J connectivity index is 1.49. The van der Waals surface area contributed by atoms with Crippen LogP contribution in [0.5, 0.6) is 0 Å². The van der Waals surface area contributed by atoms with Gasteiger partial charge in [0.25, 0.3) is 0 Å². The van der Waals surface area contributed by atoms with Crippen LogP contribution in [0, 0.1) is 0 Å². The van der Waals surface area contributed by atoms with Crippen LogP contribution in [0.2, 0.25) is 0 Å². The number of hydrogen-bond acceptors (Lipinski definition) is 3. The fourth-order valence-corrected chi connectivity index (χ4v) is 5.11. The molecule has 0 bridgehead atoms. The molecule has 0 saturated carbocycles. The van der Waals surface area contributed by atoms with Crippen molar-refractivity contribution in [2.24, 2.45) is 5.73 Å². The van der Waals surface area contributed by atoms with Gasteiger partial charge in [0.1, 0.15) is 6.04 Å². The molecule has 5 aromatic rings. The molecule has 0 saturated heterocycles. The third-order valence-electron chi connectivity index (χ3n) is 6.97. The summed E-state index contributed by atoms with van der Waals surface area (Å²) in [6, 6.07) is 40.7. The van der Waals surface area contributed by atoms with Crippen LogP contribution in [0.4, 0.5) is 0 Å². The van der Waals surface area contributed by atoms with Crippen molar-refractivity contribution in [1.29, 1.82) is 0 Å². The normalized spacial score (nSPS) is 12.1. The van der Waals surface area contributed by atoms with E-state index in [-0.39, 0.29) is 18.7 Å². The van der Waals surface area contributed by atoms with Crippen molar-refractivity contribution in [1.82, 2.24) is 10.3 Å². The topological polar surface area (TPSA) is 85.1 Å². The van der Waals surface area contributed by atoms with Crippen LogP contribution in [0.15, 0.2) is 127 Å². The predicted octanol–water partition coefficient (Wildman–Crippen LogP) is 5.17. The molecule has 1 atom stereocenters. The number of pyridine rings is 1. The number of benzene rings is 4. The van der Waals surface area contributed by atoms with E-state index in [4.69, 9.17) is 5.73 Å². The number of carbonyl (C=O) groups excluding carboxylic acids is 2. The zero-order chi connectivity index (χ0) is 26.4. The Labute approximate surface area is 222 Å². The number of primary amides is 1. The molecule has 188 valence electrons. The van der Waals surface area contributed by atoms with Gasteiger partial charge in [-0.2, -0.15) is 0 Å². The maximum absolute atomic E-state index is 13.8. The minimum absolute atomic E-state index is 0.0972. The number of amides is 2. The van der Waals surface area contributed by atoms with Crippen molar-refractivity contribution in [2.45, 2.75) is 24.3 Å². The summed E-state index contributed by atoms with van der Waals surface area (Å²) in [5.41, 5.74) is 9.47. The SMILES string of the molecule is NC(=O)[C@@H](Cc1ccc2ccccc2n1)NC(=O)CC(c1ccccc1)(c1ccccc1)c1ccccc1. The van der Waals surface area contributed by atoms with E-state index in [1.807, 2.05) is 127 Å². The fourth-order valence-electron chi connectivity index (χ4n) is 5.11. The average molecular weight is 500 g/mol. The van der Waals surface area contributed by atoms with E-state index in [2.05, 4.69) is 10.3 Å². The molecular formula is C33H29N3O2. The highest BCUT2D eigenvalue weighted by Crippen LogP contribution is 2.42. The quantitative estimate of drug-likeness (QED) is 0.274. The van der Waals surface area contributed by atoms with Gasteiger partial charge in [0.05, 0.1) is 10.9 Å². The lowest BCUT2D eigenvalue weighted by Crippen LogP contribution is -2.48. The number of rotatable bonds is 9. The highest BCUT2D eigenvalue weighted by Gasteiger charge is 2.39. The maximum Gasteiger partial charge on any atom is 0.240 e. The van der Waals surface area contributed by atoms with E-state index in [1.54, 1.807) is 0 Å². The van der Waals surface area contributed by atoms with Gasteiger partial charge >= 0.3 is 0 Å². The lowest BCUT2D eigenvalue weighted by Gasteiger charge is -2.36. The van der Waals surface area contributed by atoms with Gasteiger partial charge in [0.2, 0.25) is 11.8 Å². The first-order chi connectivity index (χ1) is 18.6. The molecule has 0 aliphatic rings. The van der Waals surface area contributed by atoms with Gasteiger partial charge in [-0.1, -0.05) is 115 Å². The Kier molecular flexibility index (Phi) is 7.27. The Morgan fingerprint density at radius 2 is 1.18 bits per heavy atom. The maximum atomic E-state index is 13.8. The van der Waals surface area contributed by atoms with Crippen LogP contribution < -0.4 is 11.1 Å². The molecular weight excluding hydrogens is 470 g/mol. The summed E-state index contributed by atoms with van der Waals surface area (Å²) >= 11 is 0. The standard InChI is InChI=1S/C33H29N3O2/c34-32(38)30(22-28-21-20-24-12-10-11-19-29(24)35-28)36-31(37)23-33(25-13-4-1-5-14-25,26-15-6-2-7-16-26)27-17-8-3-9-18-27/h1-21,30H,22-23H2,(H2,34,38)(H,36,37)/t30-/m1/s1. The van der Waals surface area contributed by atoms with Crippen LogP contribution in [0.25, 0.3) is 10.9 Å². The van der Waals surface area contributed by atoms with Crippen LogP contribution >= 0.6 is 0 Å². The Morgan fingerprint density at radius 3 is 1.71 bits per heavy atom. The number of nitrogens with zero attached hydrogens (tertiary/aromatic N) is 1. The average Bonchev–Trinajstić information content (AvgIpc) is 2.97. The molecule has 0 fully saturated rings.